The lowest BCUT2D eigenvalue weighted by Gasteiger charge is -2.30. The van der Waals surface area contributed by atoms with Gasteiger partial charge in [-0.2, -0.15) is 12.7 Å². The number of piperazine rings is 1. The molecule has 16 heavy (non-hydrogen) atoms. The molecule has 0 aromatic rings. The van der Waals surface area contributed by atoms with Gasteiger partial charge in [0, 0.05) is 25.7 Å². The van der Waals surface area contributed by atoms with Crippen molar-refractivity contribution in [1.82, 2.24) is 14.3 Å². The molecule has 2 N–H and O–H groups in total. The van der Waals surface area contributed by atoms with Gasteiger partial charge in [0.15, 0.2) is 0 Å². The first-order chi connectivity index (χ1) is 7.45. The van der Waals surface area contributed by atoms with E-state index in [0.717, 1.165) is 0 Å². The molecule has 1 atom stereocenters. The van der Waals surface area contributed by atoms with Crippen molar-refractivity contribution in [2.24, 2.45) is 0 Å². The topological polar surface area (TPSA) is 87.7 Å². The van der Waals surface area contributed by atoms with Crippen LogP contribution in [0.2, 0.25) is 0 Å². The summed E-state index contributed by atoms with van der Waals surface area (Å²) in [5, 5.41) is 3.11. The average Bonchev–Trinajstić information content (AvgIpc) is 2.17. The Kier molecular flexibility index (Phi) is 4.51. The van der Waals surface area contributed by atoms with E-state index in [-0.39, 0.29) is 12.6 Å². The van der Waals surface area contributed by atoms with Crippen LogP contribution in [0.4, 0.5) is 4.79 Å². The van der Waals surface area contributed by atoms with Crippen LogP contribution in [-0.4, -0.2) is 51.1 Å². The van der Waals surface area contributed by atoms with Gasteiger partial charge in [-0.25, -0.2) is 9.52 Å². The molecule has 1 saturated heterocycles. The number of amides is 1. The zero-order valence-electron chi connectivity index (χ0n) is 9.39. The summed E-state index contributed by atoms with van der Waals surface area (Å²) in [7, 11) is -3.77. The third-order valence-electron chi connectivity index (χ3n) is 2.16. The predicted molar refractivity (Wildman–Crippen MR) is 58.1 cm³/mol. The smallest absolute Gasteiger partial charge is 0.421 e. The maximum Gasteiger partial charge on any atom is 0.421 e. The summed E-state index contributed by atoms with van der Waals surface area (Å²) in [6, 6.07) is 0.0764. The number of nitrogens with zero attached hydrogens (tertiary/aromatic N) is 1. The Morgan fingerprint density at radius 2 is 2.31 bits per heavy atom. The van der Waals surface area contributed by atoms with Crippen molar-refractivity contribution >= 4 is 16.3 Å². The predicted octanol–water partition coefficient (Wildman–Crippen LogP) is -0.729. The summed E-state index contributed by atoms with van der Waals surface area (Å²) in [4.78, 5) is 11.0. The van der Waals surface area contributed by atoms with E-state index in [1.54, 1.807) is 6.92 Å². The molecular formula is C8H17N3O4S. The minimum Gasteiger partial charge on any atom is -0.449 e. The molecule has 1 aliphatic rings. The van der Waals surface area contributed by atoms with Gasteiger partial charge in [0.05, 0.1) is 6.61 Å². The molecular weight excluding hydrogens is 234 g/mol. The van der Waals surface area contributed by atoms with Gasteiger partial charge in [-0.3, -0.25) is 0 Å². The average molecular weight is 251 g/mol. The molecule has 0 radical (unpaired) electrons. The van der Waals surface area contributed by atoms with Gasteiger partial charge in [-0.15, -0.1) is 0 Å². The van der Waals surface area contributed by atoms with Gasteiger partial charge < -0.3 is 10.1 Å². The van der Waals surface area contributed by atoms with Crippen LogP contribution in [-0.2, 0) is 14.9 Å². The third-order valence-corrected chi connectivity index (χ3v) is 3.60. The Labute approximate surface area is 95.3 Å². The molecule has 0 bridgehead atoms. The van der Waals surface area contributed by atoms with Gasteiger partial charge in [-0.05, 0) is 13.8 Å². The van der Waals surface area contributed by atoms with Crippen LogP contribution in [0.3, 0.4) is 0 Å². The van der Waals surface area contributed by atoms with Crippen LogP contribution < -0.4 is 10.0 Å². The second-order valence-corrected chi connectivity index (χ2v) is 5.21. The lowest BCUT2D eigenvalue weighted by atomic mass is 10.3. The molecule has 1 fully saturated rings. The van der Waals surface area contributed by atoms with Gasteiger partial charge in [-0.1, -0.05) is 0 Å². The highest BCUT2D eigenvalue weighted by Gasteiger charge is 2.28. The number of ether oxygens (including phenoxy) is 1. The molecule has 0 saturated carbocycles. The molecule has 0 unspecified atom stereocenters. The van der Waals surface area contributed by atoms with Gasteiger partial charge in [0.2, 0.25) is 0 Å². The van der Waals surface area contributed by atoms with Gasteiger partial charge >= 0.3 is 16.3 Å². The molecule has 1 heterocycles. The van der Waals surface area contributed by atoms with Crippen LogP contribution in [0.1, 0.15) is 13.8 Å². The molecule has 0 spiro atoms. The lowest BCUT2D eigenvalue weighted by Crippen LogP contribution is -2.55. The van der Waals surface area contributed by atoms with Crippen molar-refractivity contribution in [3.05, 3.63) is 0 Å². The molecule has 1 rings (SSSR count). The van der Waals surface area contributed by atoms with E-state index in [1.807, 2.05) is 11.6 Å². The third kappa shape index (κ3) is 3.62. The van der Waals surface area contributed by atoms with Gasteiger partial charge in [0.1, 0.15) is 0 Å². The van der Waals surface area contributed by atoms with Crippen LogP contribution >= 0.6 is 0 Å². The molecule has 7 nitrogen and oxygen atoms in total. The number of hydrogen-bond acceptors (Lipinski definition) is 5. The van der Waals surface area contributed by atoms with E-state index >= 15 is 0 Å². The zero-order chi connectivity index (χ0) is 12.2. The molecule has 0 aromatic heterocycles. The largest absolute Gasteiger partial charge is 0.449 e. The first kappa shape index (κ1) is 13.2. The highest BCUT2D eigenvalue weighted by molar-refractivity contribution is 7.87. The lowest BCUT2D eigenvalue weighted by molar-refractivity contribution is 0.157. The Balaban J connectivity index is 2.59. The number of carbonyl (C=O) groups is 1. The van der Waals surface area contributed by atoms with Crippen LogP contribution in [0.25, 0.3) is 0 Å². The molecule has 8 heteroatoms. The molecule has 0 aromatic carbocycles. The van der Waals surface area contributed by atoms with Crippen molar-refractivity contribution in [2.75, 3.05) is 26.2 Å². The van der Waals surface area contributed by atoms with Crippen LogP contribution in [0.5, 0.6) is 0 Å². The number of carbonyl (C=O) groups excluding carboxylic acids is 1. The number of nitrogens with one attached hydrogen (secondary N) is 2. The van der Waals surface area contributed by atoms with E-state index in [1.165, 1.54) is 4.31 Å². The summed E-state index contributed by atoms with van der Waals surface area (Å²) < 4.78 is 31.0. The molecule has 1 aliphatic heterocycles. The SMILES string of the molecule is CCOC(=O)NS(=O)(=O)N1CCN[C@@H](C)C1. The first-order valence-electron chi connectivity index (χ1n) is 5.13. The Morgan fingerprint density at radius 1 is 1.62 bits per heavy atom. The van der Waals surface area contributed by atoms with Crippen molar-refractivity contribution in [3.63, 3.8) is 0 Å². The van der Waals surface area contributed by atoms with Crippen molar-refractivity contribution in [1.29, 1.82) is 0 Å². The highest BCUT2D eigenvalue weighted by Crippen LogP contribution is 2.04. The molecule has 94 valence electrons. The Hall–Kier alpha value is -0.860. The molecule has 0 aliphatic carbocycles. The molecule has 1 amide bonds. The summed E-state index contributed by atoms with van der Waals surface area (Å²) in [5.74, 6) is 0. The maximum atomic E-state index is 11.7. The summed E-state index contributed by atoms with van der Waals surface area (Å²) in [6.07, 6.45) is -0.936. The van der Waals surface area contributed by atoms with E-state index in [2.05, 4.69) is 10.1 Å². The second kappa shape index (κ2) is 5.46. The minimum absolute atomic E-state index is 0.0764. The van der Waals surface area contributed by atoms with E-state index in [0.29, 0.717) is 19.6 Å². The van der Waals surface area contributed by atoms with Gasteiger partial charge in [0.25, 0.3) is 0 Å². The van der Waals surface area contributed by atoms with Crippen molar-refractivity contribution in [3.8, 4) is 0 Å². The fourth-order valence-electron chi connectivity index (χ4n) is 1.45. The normalized spacial score (nSPS) is 22.8. The fraction of sp³-hybridized carbons (Fsp3) is 0.875. The fourth-order valence-corrected chi connectivity index (χ4v) is 2.60. The Morgan fingerprint density at radius 3 is 2.88 bits per heavy atom. The quantitative estimate of drug-likeness (QED) is 0.690. The maximum absolute atomic E-state index is 11.7. The number of hydrogen-bond donors (Lipinski definition) is 2. The first-order valence-corrected chi connectivity index (χ1v) is 6.57. The minimum atomic E-state index is -3.77. The highest BCUT2D eigenvalue weighted by atomic mass is 32.2. The van der Waals surface area contributed by atoms with E-state index < -0.39 is 16.3 Å². The monoisotopic (exact) mass is 251 g/mol. The zero-order valence-corrected chi connectivity index (χ0v) is 10.2. The summed E-state index contributed by atoms with van der Waals surface area (Å²) in [6.45, 7) is 4.89. The van der Waals surface area contributed by atoms with E-state index in [9.17, 15) is 13.2 Å². The van der Waals surface area contributed by atoms with E-state index in [4.69, 9.17) is 0 Å². The number of rotatable bonds is 3. The van der Waals surface area contributed by atoms with Crippen molar-refractivity contribution in [2.45, 2.75) is 19.9 Å². The van der Waals surface area contributed by atoms with Crippen molar-refractivity contribution < 1.29 is 17.9 Å². The van der Waals surface area contributed by atoms with Crippen LogP contribution in [0.15, 0.2) is 0 Å². The van der Waals surface area contributed by atoms with Crippen LogP contribution in [0, 0.1) is 0 Å². The standard InChI is InChI=1S/C8H17N3O4S/c1-3-15-8(12)10-16(13,14)11-5-4-9-7(2)6-11/h7,9H,3-6H2,1-2H3,(H,10,12)/t7-/m0/s1. The second-order valence-electron chi connectivity index (χ2n) is 3.54. The summed E-state index contributed by atoms with van der Waals surface area (Å²) >= 11 is 0. The Bertz CT molecular complexity index is 343. The summed E-state index contributed by atoms with van der Waals surface area (Å²) in [5.41, 5.74) is 0.